The molecule has 0 bridgehead atoms. The van der Waals surface area contributed by atoms with Gasteiger partial charge in [-0.15, -0.1) is 12.4 Å². The molecule has 0 aromatic rings. The highest BCUT2D eigenvalue weighted by atomic mass is 35.5. The molecule has 0 unspecified atom stereocenters. The minimum absolute atomic E-state index is 0. The normalized spacial score (nSPS) is 26.3. The second-order valence-electron chi connectivity index (χ2n) is 6.26. The number of nitrogens with zero attached hydrogens (tertiary/aromatic N) is 1. The van der Waals surface area contributed by atoms with Gasteiger partial charge in [-0.1, -0.05) is 13.8 Å². The van der Waals surface area contributed by atoms with Crippen LogP contribution in [0.3, 0.4) is 0 Å². The molecule has 0 spiro atoms. The summed E-state index contributed by atoms with van der Waals surface area (Å²) >= 11 is 0. The Morgan fingerprint density at radius 2 is 1.83 bits per heavy atom. The Kier molecular flexibility index (Phi) is 5.04. The zero-order valence-corrected chi connectivity index (χ0v) is 12.2. The van der Waals surface area contributed by atoms with E-state index in [0.717, 1.165) is 19.5 Å². The molecule has 0 aromatic heterocycles. The molecule has 18 heavy (non-hydrogen) atoms. The maximum Gasteiger partial charge on any atom is 0.242 e. The van der Waals surface area contributed by atoms with Gasteiger partial charge in [0.25, 0.3) is 0 Å². The van der Waals surface area contributed by atoms with Gasteiger partial charge in [-0.25, -0.2) is 0 Å². The third-order valence-corrected chi connectivity index (χ3v) is 4.00. The van der Waals surface area contributed by atoms with E-state index in [1.807, 2.05) is 4.90 Å². The summed E-state index contributed by atoms with van der Waals surface area (Å²) in [4.78, 5) is 14.5. The zero-order chi connectivity index (χ0) is 12.5. The average Bonchev–Trinajstić information content (AvgIpc) is 2.27. The van der Waals surface area contributed by atoms with Crippen molar-refractivity contribution in [3.05, 3.63) is 0 Å². The minimum Gasteiger partial charge on any atom is -0.381 e. The molecule has 0 aromatic carbocycles. The fourth-order valence-corrected chi connectivity index (χ4v) is 2.86. The van der Waals surface area contributed by atoms with Crippen LogP contribution < -0.4 is 5.73 Å². The van der Waals surface area contributed by atoms with Crippen LogP contribution in [0.5, 0.6) is 0 Å². The Morgan fingerprint density at radius 1 is 1.22 bits per heavy atom. The lowest BCUT2D eigenvalue weighted by Gasteiger charge is -2.43. The minimum atomic E-state index is -0.675. The third kappa shape index (κ3) is 3.37. The highest BCUT2D eigenvalue weighted by Gasteiger charge is 2.41. The molecule has 2 saturated heterocycles. The summed E-state index contributed by atoms with van der Waals surface area (Å²) in [6.45, 7) is 7.37. The van der Waals surface area contributed by atoms with Crippen LogP contribution in [0.25, 0.3) is 0 Å². The van der Waals surface area contributed by atoms with E-state index in [-0.39, 0.29) is 23.7 Å². The molecule has 2 rings (SSSR count). The molecule has 0 saturated carbocycles. The lowest BCUT2D eigenvalue weighted by Crippen LogP contribution is -2.60. The number of ether oxygens (including phenoxy) is 1. The number of amides is 1. The maximum atomic E-state index is 12.5. The quantitative estimate of drug-likeness (QED) is 0.791. The Morgan fingerprint density at radius 3 is 2.39 bits per heavy atom. The monoisotopic (exact) mass is 276 g/mol. The first-order valence-electron chi connectivity index (χ1n) is 6.59. The van der Waals surface area contributed by atoms with E-state index in [9.17, 15) is 4.79 Å². The van der Waals surface area contributed by atoms with Gasteiger partial charge in [0.2, 0.25) is 5.91 Å². The van der Waals surface area contributed by atoms with Crippen molar-refractivity contribution in [3.8, 4) is 0 Å². The van der Waals surface area contributed by atoms with Crippen molar-refractivity contribution >= 4 is 18.3 Å². The molecule has 0 radical (unpaired) electrons. The zero-order valence-electron chi connectivity index (χ0n) is 11.4. The smallest absolute Gasteiger partial charge is 0.242 e. The van der Waals surface area contributed by atoms with Crippen molar-refractivity contribution < 1.29 is 9.53 Å². The van der Waals surface area contributed by atoms with Gasteiger partial charge in [-0.05, 0) is 31.1 Å². The molecular formula is C13H25ClN2O2. The number of halogens is 1. The van der Waals surface area contributed by atoms with E-state index >= 15 is 0 Å². The first-order chi connectivity index (χ1) is 7.93. The van der Waals surface area contributed by atoms with Crippen molar-refractivity contribution in [2.24, 2.45) is 11.1 Å². The van der Waals surface area contributed by atoms with Crippen LogP contribution in [-0.2, 0) is 9.53 Å². The van der Waals surface area contributed by atoms with E-state index in [4.69, 9.17) is 10.5 Å². The number of piperidine rings is 1. The van der Waals surface area contributed by atoms with Gasteiger partial charge in [-0.3, -0.25) is 4.79 Å². The molecule has 2 N–H and O–H groups in total. The van der Waals surface area contributed by atoms with E-state index in [1.165, 1.54) is 6.42 Å². The van der Waals surface area contributed by atoms with Crippen LogP contribution in [0.2, 0.25) is 0 Å². The number of nitrogens with two attached hydrogens (primary N) is 1. The predicted molar refractivity (Wildman–Crippen MR) is 73.8 cm³/mol. The topological polar surface area (TPSA) is 55.6 Å². The summed E-state index contributed by atoms with van der Waals surface area (Å²) in [6.07, 6.45) is 3.59. The van der Waals surface area contributed by atoms with Crippen LogP contribution >= 0.6 is 12.4 Å². The Labute approximate surface area is 116 Å². The fourth-order valence-electron chi connectivity index (χ4n) is 2.86. The number of hydrogen-bond acceptors (Lipinski definition) is 3. The van der Waals surface area contributed by atoms with Crippen LogP contribution in [0.4, 0.5) is 0 Å². The van der Waals surface area contributed by atoms with E-state index in [0.29, 0.717) is 26.1 Å². The molecule has 2 aliphatic heterocycles. The molecular weight excluding hydrogens is 252 g/mol. The largest absolute Gasteiger partial charge is 0.381 e. The van der Waals surface area contributed by atoms with Gasteiger partial charge in [-0.2, -0.15) is 0 Å². The molecule has 5 heteroatoms. The summed E-state index contributed by atoms with van der Waals surface area (Å²) in [6, 6.07) is 0. The fraction of sp³-hybridized carbons (Fsp3) is 0.923. The summed E-state index contributed by atoms with van der Waals surface area (Å²) in [5.74, 6) is 0.133. The number of likely N-dealkylation sites (tertiary alicyclic amines) is 1. The number of hydrogen-bond donors (Lipinski definition) is 1. The Hall–Kier alpha value is -0.320. The SMILES string of the molecule is CC1(C)CCCN(C(=O)C2(N)CCOCC2)C1.Cl. The summed E-state index contributed by atoms with van der Waals surface area (Å²) in [7, 11) is 0. The lowest BCUT2D eigenvalue weighted by molar-refractivity contribution is -0.143. The highest BCUT2D eigenvalue weighted by Crippen LogP contribution is 2.31. The standard InChI is InChI=1S/C13H24N2O2.ClH/c1-12(2)4-3-7-15(10-12)11(16)13(14)5-8-17-9-6-13;/h3-10,14H2,1-2H3;1H. The van der Waals surface area contributed by atoms with Gasteiger partial charge in [0.1, 0.15) is 0 Å². The van der Waals surface area contributed by atoms with Crippen molar-refractivity contribution in [3.63, 3.8) is 0 Å². The maximum absolute atomic E-state index is 12.5. The van der Waals surface area contributed by atoms with E-state index < -0.39 is 5.54 Å². The van der Waals surface area contributed by atoms with Gasteiger partial charge in [0, 0.05) is 26.3 Å². The summed E-state index contributed by atoms with van der Waals surface area (Å²) in [5.41, 5.74) is 5.81. The average molecular weight is 277 g/mol. The van der Waals surface area contributed by atoms with Gasteiger partial charge < -0.3 is 15.4 Å². The van der Waals surface area contributed by atoms with Gasteiger partial charge in [0.15, 0.2) is 0 Å². The molecule has 0 aliphatic carbocycles. The second-order valence-corrected chi connectivity index (χ2v) is 6.26. The number of carbonyl (C=O) groups excluding carboxylic acids is 1. The van der Waals surface area contributed by atoms with Crippen LogP contribution in [-0.4, -0.2) is 42.6 Å². The third-order valence-electron chi connectivity index (χ3n) is 4.00. The molecule has 2 aliphatic rings. The molecule has 2 fully saturated rings. The molecule has 2 heterocycles. The summed E-state index contributed by atoms with van der Waals surface area (Å²) in [5, 5.41) is 0. The van der Waals surface area contributed by atoms with Crippen molar-refractivity contribution in [2.45, 2.75) is 45.1 Å². The van der Waals surface area contributed by atoms with Gasteiger partial charge >= 0.3 is 0 Å². The predicted octanol–water partition coefficient (Wildman–Crippen LogP) is 1.56. The number of rotatable bonds is 1. The highest BCUT2D eigenvalue weighted by molar-refractivity contribution is 5.86. The first-order valence-corrected chi connectivity index (χ1v) is 6.59. The molecule has 0 atom stereocenters. The second kappa shape index (κ2) is 5.76. The Balaban J connectivity index is 0.00000162. The van der Waals surface area contributed by atoms with Crippen molar-refractivity contribution in [2.75, 3.05) is 26.3 Å². The van der Waals surface area contributed by atoms with E-state index in [1.54, 1.807) is 0 Å². The van der Waals surface area contributed by atoms with Crippen molar-refractivity contribution in [1.82, 2.24) is 4.90 Å². The van der Waals surface area contributed by atoms with E-state index in [2.05, 4.69) is 13.8 Å². The molecule has 106 valence electrons. The number of carbonyl (C=O) groups is 1. The summed E-state index contributed by atoms with van der Waals surface area (Å²) < 4.78 is 5.29. The van der Waals surface area contributed by atoms with Gasteiger partial charge in [0.05, 0.1) is 5.54 Å². The van der Waals surface area contributed by atoms with Crippen LogP contribution in [0, 0.1) is 5.41 Å². The first kappa shape index (κ1) is 15.7. The molecule has 1 amide bonds. The lowest BCUT2D eigenvalue weighted by atomic mass is 9.82. The Bertz CT molecular complexity index is 301. The molecule has 4 nitrogen and oxygen atoms in total. The van der Waals surface area contributed by atoms with Crippen LogP contribution in [0.1, 0.15) is 39.5 Å². The van der Waals surface area contributed by atoms with Crippen molar-refractivity contribution in [1.29, 1.82) is 0 Å². The van der Waals surface area contributed by atoms with Crippen LogP contribution in [0.15, 0.2) is 0 Å².